The number of nitrogens with one attached hydrogen (secondary N) is 1. The molecule has 1 fully saturated rings. The number of unbranched alkanes of at least 4 members (excludes halogenated alkanes) is 1. The first-order chi connectivity index (χ1) is 4.34. The van der Waals surface area contributed by atoms with Gasteiger partial charge in [-0.2, -0.15) is 0 Å². The highest BCUT2D eigenvalue weighted by molar-refractivity contribution is 4.89. The quantitative estimate of drug-likeness (QED) is 0.543. The number of hydrogen-bond acceptors (Lipinski definition) is 2. The molecule has 0 amide bonds. The van der Waals surface area contributed by atoms with Gasteiger partial charge in [0.25, 0.3) is 0 Å². The fourth-order valence-corrected chi connectivity index (χ4v) is 0.955. The van der Waals surface area contributed by atoms with Crippen LogP contribution in [0.3, 0.4) is 0 Å². The van der Waals surface area contributed by atoms with Gasteiger partial charge in [-0.05, 0) is 6.42 Å². The summed E-state index contributed by atoms with van der Waals surface area (Å²) in [4.78, 5) is 0. The van der Waals surface area contributed by atoms with Gasteiger partial charge in [0.15, 0.2) is 0 Å². The van der Waals surface area contributed by atoms with Crippen LogP contribution in [0.25, 0.3) is 0 Å². The maximum atomic E-state index is 9.26. The lowest BCUT2D eigenvalue weighted by molar-refractivity contribution is 0.160. The Balaban J connectivity index is 1.96. The van der Waals surface area contributed by atoms with E-state index in [2.05, 4.69) is 12.2 Å². The molecule has 54 valence electrons. The van der Waals surface area contributed by atoms with Gasteiger partial charge < -0.3 is 10.4 Å². The van der Waals surface area contributed by atoms with E-state index in [1.807, 2.05) is 0 Å². The molecule has 1 saturated heterocycles. The zero-order valence-electron chi connectivity index (χ0n) is 5.93. The van der Waals surface area contributed by atoms with Crippen molar-refractivity contribution < 1.29 is 5.11 Å². The van der Waals surface area contributed by atoms with Gasteiger partial charge in [0.1, 0.15) is 0 Å². The molecule has 0 unspecified atom stereocenters. The lowest BCUT2D eigenvalue weighted by Crippen LogP contribution is -2.16. The lowest BCUT2D eigenvalue weighted by atomic mass is 10.1. The molecular formula is C7H15NO. The highest BCUT2D eigenvalue weighted by atomic mass is 16.3. The fourth-order valence-electron chi connectivity index (χ4n) is 0.955. The minimum atomic E-state index is -0.0788. The second kappa shape index (κ2) is 3.18. The third-order valence-corrected chi connectivity index (χ3v) is 1.76. The van der Waals surface area contributed by atoms with Crippen molar-refractivity contribution in [3.05, 3.63) is 0 Å². The topological polar surface area (TPSA) is 42.2 Å². The number of aliphatic hydroxyl groups excluding tert-OH is 1. The van der Waals surface area contributed by atoms with E-state index in [1.165, 1.54) is 6.42 Å². The zero-order valence-corrected chi connectivity index (χ0v) is 5.93. The largest absolute Gasteiger partial charge is 0.391 e. The van der Waals surface area contributed by atoms with Crippen molar-refractivity contribution >= 4 is 0 Å². The van der Waals surface area contributed by atoms with Crippen LogP contribution in [0, 0.1) is 0 Å². The van der Waals surface area contributed by atoms with E-state index in [-0.39, 0.29) is 6.10 Å². The molecule has 2 atom stereocenters. The van der Waals surface area contributed by atoms with E-state index in [9.17, 15) is 5.11 Å². The van der Waals surface area contributed by atoms with Gasteiger partial charge in [-0.1, -0.05) is 19.8 Å². The normalized spacial score (nSPS) is 28.0. The summed E-state index contributed by atoms with van der Waals surface area (Å²) < 4.78 is 0. The molecule has 1 rings (SSSR count). The van der Waals surface area contributed by atoms with Crippen molar-refractivity contribution in [1.29, 1.82) is 0 Å². The monoisotopic (exact) mass is 129 g/mol. The predicted octanol–water partition coefficient (Wildman–Crippen LogP) is 0.509. The van der Waals surface area contributed by atoms with Gasteiger partial charge >= 0.3 is 0 Å². The van der Waals surface area contributed by atoms with E-state index in [1.54, 1.807) is 0 Å². The van der Waals surface area contributed by atoms with Gasteiger partial charge in [0.2, 0.25) is 0 Å². The predicted molar refractivity (Wildman–Crippen MR) is 37.3 cm³/mol. The van der Waals surface area contributed by atoms with Crippen molar-refractivity contribution in [3.8, 4) is 0 Å². The molecule has 0 aliphatic carbocycles. The van der Waals surface area contributed by atoms with Crippen LogP contribution < -0.4 is 5.32 Å². The Labute approximate surface area is 56.3 Å². The average Bonchev–Trinajstić information content (AvgIpc) is 2.63. The Kier molecular flexibility index (Phi) is 2.49. The van der Waals surface area contributed by atoms with Crippen molar-refractivity contribution in [2.45, 2.75) is 38.3 Å². The Morgan fingerprint density at radius 1 is 1.78 bits per heavy atom. The van der Waals surface area contributed by atoms with Crippen LogP contribution in [0.2, 0.25) is 0 Å². The van der Waals surface area contributed by atoms with Gasteiger partial charge in [0, 0.05) is 12.6 Å². The average molecular weight is 129 g/mol. The molecule has 9 heavy (non-hydrogen) atoms. The zero-order chi connectivity index (χ0) is 6.69. The molecule has 0 aromatic rings. The Hall–Kier alpha value is -0.0800. The minimum Gasteiger partial charge on any atom is -0.391 e. The Bertz CT molecular complexity index is 81.0. The highest BCUT2D eigenvalue weighted by Crippen LogP contribution is 2.10. The summed E-state index contributed by atoms with van der Waals surface area (Å²) in [7, 11) is 0. The molecule has 0 spiro atoms. The summed E-state index contributed by atoms with van der Waals surface area (Å²) >= 11 is 0. The molecule has 1 aliphatic heterocycles. The van der Waals surface area contributed by atoms with Crippen LogP contribution in [0.5, 0.6) is 0 Å². The second-order valence-electron chi connectivity index (χ2n) is 2.72. The van der Waals surface area contributed by atoms with E-state index in [4.69, 9.17) is 0 Å². The molecule has 0 radical (unpaired) electrons. The van der Waals surface area contributed by atoms with Crippen molar-refractivity contribution in [2.24, 2.45) is 0 Å². The van der Waals surface area contributed by atoms with E-state index < -0.39 is 0 Å². The van der Waals surface area contributed by atoms with Crippen LogP contribution in [-0.4, -0.2) is 23.8 Å². The maximum absolute atomic E-state index is 9.26. The summed E-state index contributed by atoms with van der Waals surface area (Å²) in [6.07, 6.45) is 3.22. The molecule has 0 aromatic heterocycles. The molecule has 1 heterocycles. The Morgan fingerprint density at radius 3 is 2.89 bits per heavy atom. The van der Waals surface area contributed by atoms with E-state index >= 15 is 0 Å². The number of hydrogen-bond donors (Lipinski definition) is 2. The molecule has 2 N–H and O–H groups in total. The first kappa shape index (κ1) is 7.03. The third kappa shape index (κ3) is 2.33. The summed E-state index contributed by atoms with van der Waals surface area (Å²) in [5.74, 6) is 0. The van der Waals surface area contributed by atoms with Crippen molar-refractivity contribution in [1.82, 2.24) is 5.32 Å². The first-order valence-electron chi connectivity index (χ1n) is 3.76. The maximum Gasteiger partial charge on any atom is 0.0705 e. The van der Waals surface area contributed by atoms with Crippen LogP contribution >= 0.6 is 0 Å². The molecular weight excluding hydrogens is 114 g/mol. The van der Waals surface area contributed by atoms with Gasteiger partial charge in [-0.15, -0.1) is 0 Å². The standard InChI is InChI=1S/C7H15NO/c1-2-3-4-7(9)6-5-8-6/h6-9H,2-5H2,1H3/t6-,7+/m1/s1. The van der Waals surface area contributed by atoms with Gasteiger partial charge in [0.05, 0.1) is 6.10 Å². The van der Waals surface area contributed by atoms with Crippen molar-refractivity contribution in [3.63, 3.8) is 0 Å². The first-order valence-corrected chi connectivity index (χ1v) is 3.76. The van der Waals surface area contributed by atoms with E-state index in [0.717, 1.165) is 19.4 Å². The Morgan fingerprint density at radius 2 is 2.44 bits per heavy atom. The number of aliphatic hydroxyl groups is 1. The van der Waals surface area contributed by atoms with Gasteiger partial charge in [-0.3, -0.25) is 0 Å². The molecule has 2 nitrogen and oxygen atoms in total. The van der Waals surface area contributed by atoms with Crippen molar-refractivity contribution in [2.75, 3.05) is 6.54 Å². The summed E-state index contributed by atoms with van der Waals surface area (Å²) in [6.45, 7) is 3.16. The molecule has 2 heteroatoms. The molecule has 0 bridgehead atoms. The smallest absolute Gasteiger partial charge is 0.0705 e. The minimum absolute atomic E-state index is 0.0788. The highest BCUT2D eigenvalue weighted by Gasteiger charge is 2.27. The van der Waals surface area contributed by atoms with Gasteiger partial charge in [-0.25, -0.2) is 0 Å². The molecule has 0 aromatic carbocycles. The number of rotatable bonds is 4. The second-order valence-corrected chi connectivity index (χ2v) is 2.72. The SMILES string of the molecule is CCCC[C@H](O)[C@H]1CN1. The molecule has 1 aliphatic rings. The third-order valence-electron chi connectivity index (χ3n) is 1.76. The lowest BCUT2D eigenvalue weighted by Gasteiger charge is -2.04. The van der Waals surface area contributed by atoms with Crippen LogP contribution in [0.4, 0.5) is 0 Å². The fraction of sp³-hybridized carbons (Fsp3) is 1.00. The summed E-state index contributed by atoms with van der Waals surface area (Å²) in [5, 5.41) is 12.4. The van der Waals surface area contributed by atoms with Crippen LogP contribution in [0.15, 0.2) is 0 Å². The van der Waals surface area contributed by atoms with Crippen LogP contribution in [0.1, 0.15) is 26.2 Å². The summed E-state index contributed by atoms with van der Waals surface area (Å²) in [6, 6.07) is 0.427. The molecule has 0 saturated carbocycles. The summed E-state index contributed by atoms with van der Waals surface area (Å²) in [5.41, 5.74) is 0. The van der Waals surface area contributed by atoms with E-state index in [0.29, 0.717) is 6.04 Å². The van der Waals surface area contributed by atoms with Crippen LogP contribution in [-0.2, 0) is 0 Å².